The number of halogens is 4. The number of aryl methyl sites for hydroxylation is 1. The second kappa shape index (κ2) is 5.84. The monoisotopic (exact) mass is 264 g/mol. The van der Waals surface area contributed by atoms with Crippen LogP contribution in [0.5, 0.6) is 0 Å². The van der Waals surface area contributed by atoms with Crippen molar-refractivity contribution < 1.29 is 27.5 Å². The fourth-order valence-corrected chi connectivity index (χ4v) is 1.55. The minimum Gasteiger partial charge on any atom is -0.481 e. The number of unbranched alkanes of at least 4 members (excludes halogenated alkanes) is 1. The Kier molecular flexibility index (Phi) is 4.69. The molecule has 0 heterocycles. The summed E-state index contributed by atoms with van der Waals surface area (Å²) in [7, 11) is 0. The van der Waals surface area contributed by atoms with Crippen LogP contribution in [0.15, 0.2) is 18.2 Å². The van der Waals surface area contributed by atoms with Crippen molar-refractivity contribution in [2.24, 2.45) is 0 Å². The summed E-state index contributed by atoms with van der Waals surface area (Å²) in [5.41, 5.74) is -0.924. The van der Waals surface area contributed by atoms with Gasteiger partial charge in [-0.3, -0.25) is 4.79 Å². The Balaban J connectivity index is 2.65. The summed E-state index contributed by atoms with van der Waals surface area (Å²) in [5.74, 6) is -2.23. The van der Waals surface area contributed by atoms with E-state index in [1.807, 2.05) is 0 Å². The maximum absolute atomic E-state index is 13.0. The Morgan fingerprint density at radius 1 is 1.22 bits per heavy atom. The van der Waals surface area contributed by atoms with E-state index in [2.05, 4.69) is 0 Å². The Morgan fingerprint density at radius 2 is 1.89 bits per heavy atom. The highest BCUT2D eigenvalue weighted by atomic mass is 19.4. The molecule has 0 spiro atoms. The molecule has 0 aliphatic carbocycles. The summed E-state index contributed by atoms with van der Waals surface area (Å²) in [5, 5.41) is 8.40. The molecule has 0 saturated heterocycles. The van der Waals surface area contributed by atoms with Gasteiger partial charge in [0.05, 0.1) is 5.56 Å². The van der Waals surface area contributed by atoms with E-state index >= 15 is 0 Å². The summed E-state index contributed by atoms with van der Waals surface area (Å²) < 4.78 is 50.2. The maximum atomic E-state index is 13.0. The van der Waals surface area contributed by atoms with Gasteiger partial charge >= 0.3 is 12.1 Å². The van der Waals surface area contributed by atoms with Crippen LogP contribution in [0, 0.1) is 5.82 Å². The van der Waals surface area contributed by atoms with Gasteiger partial charge < -0.3 is 5.11 Å². The molecule has 2 nitrogen and oxygen atoms in total. The zero-order valence-electron chi connectivity index (χ0n) is 9.43. The number of carbonyl (C=O) groups is 1. The number of aliphatic carboxylic acids is 1. The maximum Gasteiger partial charge on any atom is 0.419 e. The van der Waals surface area contributed by atoms with E-state index in [1.54, 1.807) is 0 Å². The van der Waals surface area contributed by atoms with Gasteiger partial charge in [-0.15, -0.1) is 0 Å². The summed E-state index contributed by atoms with van der Waals surface area (Å²) in [6, 6.07) is 2.84. The van der Waals surface area contributed by atoms with E-state index < -0.39 is 23.5 Å². The van der Waals surface area contributed by atoms with E-state index in [9.17, 15) is 22.4 Å². The normalized spacial score (nSPS) is 11.6. The molecule has 1 aromatic carbocycles. The summed E-state index contributed by atoms with van der Waals surface area (Å²) in [6.07, 6.45) is -3.59. The fraction of sp³-hybridized carbons (Fsp3) is 0.417. The SMILES string of the molecule is O=C(O)CCCCc1ccc(F)c(C(F)(F)F)c1. The van der Waals surface area contributed by atoms with Crippen molar-refractivity contribution in [1.29, 1.82) is 0 Å². The highest BCUT2D eigenvalue weighted by molar-refractivity contribution is 5.66. The second-order valence-corrected chi connectivity index (χ2v) is 3.91. The molecule has 1 N–H and O–H groups in total. The number of benzene rings is 1. The molecule has 1 aromatic rings. The highest BCUT2D eigenvalue weighted by Crippen LogP contribution is 2.32. The predicted octanol–water partition coefficient (Wildman–Crippen LogP) is 3.64. The third-order valence-corrected chi connectivity index (χ3v) is 2.44. The molecule has 0 aliphatic heterocycles. The topological polar surface area (TPSA) is 37.3 Å². The van der Waals surface area contributed by atoms with Crippen LogP contribution in [0.1, 0.15) is 30.4 Å². The average Bonchev–Trinajstić information content (AvgIpc) is 2.24. The van der Waals surface area contributed by atoms with Crippen LogP contribution in [0.2, 0.25) is 0 Å². The van der Waals surface area contributed by atoms with Gasteiger partial charge in [-0.05, 0) is 37.0 Å². The van der Waals surface area contributed by atoms with Gasteiger partial charge in [0.25, 0.3) is 0 Å². The minimum absolute atomic E-state index is 0.0205. The van der Waals surface area contributed by atoms with Gasteiger partial charge in [-0.25, -0.2) is 4.39 Å². The van der Waals surface area contributed by atoms with Crippen LogP contribution in [0.4, 0.5) is 17.6 Å². The molecular formula is C12H12F4O2. The predicted molar refractivity (Wildman–Crippen MR) is 56.6 cm³/mol. The van der Waals surface area contributed by atoms with Crippen molar-refractivity contribution in [2.45, 2.75) is 31.9 Å². The zero-order chi connectivity index (χ0) is 13.8. The number of carboxylic acids is 1. The van der Waals surface area contributed by atoms with Crippen molar-refractivity contribution in [2.75, 3.05) is 0 Å². The zero-order valence-corrected chi connectivity index (χ0v) is 9.43. The minimum atomic E-state index is -4.71. The molecule has 0 radical (unpaired) electrons. The van der Waals surface area contributed by atoms with E-state index in [1.165, 1.54) is 6.07 Å². The third kappa shape index (κ3) is 4.35. The van der Waals surface area contributed by atoms with Crippen molar-refractivity contribution in [3.05, 3.63) is 35.1 Å². The van der Waals surface area contributed by atoms with Crippen molar-refractivity contribution >= 4 is 5.97 Å². The quantitative estimate of drug-likeness (QED) is 0.651. The van der Waals surface area contributed by atoms with Gasteiger partial charge in [0.15, 0.2) is 0 Å². The lowest BCUT2D eigenvalue weighted by Gasteiger charge is -2.09. The lowest BCUT2D eigenvalue weighted by molar-refractivity contribution is -0.140. The van der Waals surface area contributed by atoms with Crippen LogP contribution >= 0.6 is 0 Å². The van der Waals surface area contributed by atoms with Crippen LogP contribution < -0.4 is 0 Å². The van der Waals surface area contributed by atoms with Gasteiger partial charge in [0, 0.05) is 6.42 Å². The highest BCUT2D eigenvalue weighted by Gasteiger charge is 2.34. The third-order valence-electron chi connectivity index (χ3n) is 2.44. The van der Waals surface area contributed by atoms with Crippen molar-refractivity contribution in [1.82, 2.24) is 0 Å². The van der Waals surface area contributed by atoms with Crippen LogP contribution in [0.25, 0.3) is 0 Å². The molecule has 0 saturated carbocycles. The van der Waals surface area contributed by atoms with Gasteiger partial charge in [0.1, 0.15) is 5.82 Å². The van der Waals surface area contributed by atoms with Gasteiger partial charge in [-0.2, -0.15) is 13.2 Å². The molecule has 0 aromatic heterocycles. The number of hydrogen-bond donors (Lipinski definition) is 1. The molecular weight excluding hydrogens is 252 g/mol. The summed E-state index contributed by atoms with van der Waals surface area (Å²) >= 11 is 0. The van der Waals surface area contributed by atoms with E-state index in [0.29, 0.717) is 24.8 Å². The average molecular weight is 264 g/mol. The smallest absolute Gasteiger partial charge is 0.419 e. The number of rotatable bonds is 5. The number of alkyl halides is 3. The molecule has 0 aliphatic rings. The summed E-state index contributed by atoms with van der Waals surface area (Å²) in [4.78, 5) is 10.2. The molecule has 18 heavy (non-hydrogen) atoms. The molecule has 0 fully saturated rings. The molecule has 6 heteroatoms. The lowest BCUT2D eigenvalue weighted by Crippen LogP contribution is -2.08. The molecule has 0 unspecified atom stereocenters. The van der Waals surface area contributed by atoms with Gasteiger partial charge in [0.2, 0.25) is 0 Å². The first-order valence-electron chi connectivity index (χ1n) is 5.38. The Labute approximate surface area is 101 Å². The number of carboxylic acid groups (broad SMARTS) is 1. The molecule has 100 valence electrons. The second-order valence-electron chi connectivity index (χ2n) is 3.91. The molecule has 0 atom stereocenters. The molecule has 0 amide bonds. The Bertz CT molecular complexity index is 427. The first-order chi connectivity index (χ1) is 8.30. The standard InChI is InChI=1S/C12H12F4O2/c13-10-6-5-8(3-1-2-4-11(17)18)7-9(10)12(14,15)16/h5-7H,1-4H2,(H,17,18). The van der Waals surface area contributed by atoms with Crippen LogP contribution in [-0.2, 0) is 17.4 Å². The van der Waals surface area contributed by atoms with Crippen LogP contribution in [-0.4, -0.2) is 11.1 Å². The van der Waals surface area contributed by atoms with Crippen molar-refractivity contribution in [3.63, 3.8) is 0 Å². The first kappa shape index (κ1) is 14.5. The largest absolute Gasteiger partial charge is 0.481 e. The lowest BCUT2D eigenvalue weighted by atomic mass is 10.0. The van der Waals surface area contributed by atoms with Crippen molar-refractivity contribution in [3.8, 4) is 0 Å². The first-order valence-corrected chi connectivity index (χ1v) is 5.38. The Hall–Kier alpha value is -1.59. The summed E-state index contributed by atoms with van der Waals surface area (Å²) in [6.45, 7) is 0. The van der Waals surface area contributed by atoms with Crippen LogP contribution in [0.3, 0.4) is 0 Å². The Morgan fingerprint density at radius 3 is 2.44 bits per heavy atom. The van der Waals surface area contributed by atoms with E-state index in [4.69, 9.17) is 5.11 Å². The molecule has 1 rings (SSSR count). The van der Waals surface area contributed by atoms with E-state index in [0.717, 1.165) is 12.1 Å². The molecule has 0 bridgehead atoms. The fourth-order valence-electron chi connectivity index (χ4n) is 1.55. The van der Waals surface area contributed by atoms with E-state index in [-0.39, 0.29) is 6.42 Å². The number of hydrogen-bond acceptors (Lipinski definition) is 1. The van der Waals surface area contributed by atoms with Gasteiger partial charge in [-0.1, -0.05) is 6.07 Å².